The predicted octanol–water partition coefficient (Wildman–Crippen LogP) is 2.33. The Morgan fingerprint density at radius 3 is 2.65 bits per heavy atom. The zero-order chi connectivity index (χ0) is 11.9. The number of ether oxygens (including phenoxy) is 1. The van der Waals surface area contributed by atoms with Gasteiger partial charge in [-0.1, -0.05) is 42.1 Å². The van der Waals surface area contributed by atoms with E-state index in [-0.39, 0.29) is 0 Å². The fraction of sp³-hybridized carbons (Fsp3) is 0.167. The van der Waals surface area contributed by atoms with Gasteiger partial charge >= 0.3 is 0 Å². The first-order valence-electron chi connectivity index (χ1n) is 5.17. The Morgan fingerprint density at radius 2 is 1.88 bits per heavy atom. The van der Waals surface area contributed by atoms with Crippen molar-refractivity contribution in [2.45, 2.75) is 11.6 Å². The second-order valence-electron chi connectivity index (χ2n) is 3.34. The topological polar surface area (TPSA) is 61.0 Å². The number of nitrogens with two attached hydrogens (primary N) is 1. The first-order valence-corrected chi connectivity index (χ1v) is 6.16. The lowest BCUT2D eigenvalue weighted by Crippen LogP contribution is -1.97. The maximum absolute atomic E-state index is 5.66. The van der Waals surface area contributed by atoms with E-state index >= 15 is 0 Å². The molecule has 0 amide bonds. The summed E-state index contributed by atoms with van der Waals surface area (Å²) >= 11 is 1.45. The number of aromatic nitrogens is 2. The molecule has 0 aliphatic carbocycles. The molecule has 1 aromatic carbocycles. The van der Waals surface area contributed by atoms with E-state index in [1.165, 1.54) is 11.8 Å². The van der Waals surface area contributed by atoms with Crippen molar-refractivity contribution >= 4 is 17.6 Å². The normalized spacial score (nSPS) is 10.4. The third kappa shape index (κ3) is 3.72. The molecule has 0 saturated carbocycles. The van der Waals surface area contributed by atoms with Crippen molar-refractivity contribution in [2.75, 3.05) is 11.7 Å². The summed E-state index contributed by atoms with van der Waals surface area (Å²) in [5.74, 6) is 0.957. The molecule has 17 heavy (non-hydrogen) atoms. The summed E-state index contributed by atoms with van der Waals surface area (Å²) in [5, 5.41) is 0.709. The minimum atomic E-state index is 0.445. The molecular formula is C12H13N3OS. The van der Waals surface area contributed by atoms with E-state index in [2.05, 4.69) is 9.97 Å². The molecule has 2 N–H and O–H groups in total. The Balaban J connectivity index is 1.76. The summed E-state index contributed by atoms with van der Waals surface area (Å²) in [5.41, 5.74) is 6.82. The third-order valence-corrected chi connectivity index (χ3v) is 2.95. The van der Waals surface area contributed by atoms with E-state index in [4.69, 9.17) is 10.5 Å². The van der Waals surface area contributed by atoms with E-state index in [1.807, 2.05) is 30.3 Å². The number of benzene rings is 1. The van der Waals surface area contributed by atoms with E-state index in [0.29, 0.717) is 23.4 Å². The fourth-order valence-electron chi connectivity index (χ4n) is 1.28. The Morgan fingerprint density at radius 1 is 1.12 bits per heavy atom. The second-order valence-corrected chi connectivity index (χ2v) is 4.25. The number of anilines is 1. The van der Waals surface area contributed by atoms with Crippen LogP contribution in [0.5, 0.6) is 0 Å². The molecule has 1 heterocycles. The molecule has 2 rings (SSSR count). The van der Waals surface area contributed by atoms with Crippen LogP contribution in [0.25, 0.3) is 0 Å². The number of rotatable bonds is 5. The first-order chi connectivity index (χ1) is 8.36. The van der Waals surface area contributed by atoms with Gasteiger partial charge in [0, 0.05) is 12.4 Å². The minimum Gasteiger partial charge on any atom is -0.381 e. The summed E-state index contributed by atoms with van der Waals surface area (Å²) in [4.78, 5) is 8.07. The molecule has 0 atom stereocenters. The molecule has 1 aromatic heterocycles. The highest BCUT2D eigenvalue weighted by Gasteiger charge is 2.01. The van der Waals surface area contributed by atoms with Crippen molar-refractivity contribution in [3.63, 3.8) is 0 Å². The van der Waals surface area contributed by atoms with Crippen LogP contribution in [-0.4, -0.2) is 15.9 Å². The smallest absolute Gasteiger partial charge is 0.156 e. The Bertz CT molecular complexity index is 464. The predicted molar refractivity (Wildman–Crippen MR) is 68.4 cm³/mol. The van der Waals surface area contributed by atoms with E-state index in [9.17, 15) is 0 Å². The van der Waals surface area contributed by atoms with Crippen molar-refractivity contribution < 1.29 is 4.74 Å². The maximum Gasteiger partial charge on any atom is 0.156 e. The number of thioether (sulfide) groups is 1. The highest BCUT2D eigenvalue weighted by molar-refractivity contribution is 7.99. The summed E-state index contributed by atoms with van der Waals surface area (Å²) in [6, 6.07) is 10.0. The van der Waals surface area contributed by atoms with Crippen LogP contribution in [0, 0.1) is 0 Å². The SMILES string of the molecule is Nc1nccnc1SCOCc1ccccc1. The average molecular weight is 247 g/mol. The van der Waals surface area contributed by atoms with Crippen LogP contribution in [0.4, 0.5) is 5.82 Å². The molecule has 0 radical (unpaired) electrons. The molecule has 88 valence electrons. The van der Waals surface area contributed by atoms with Gasteiger partial charge in [-0.05, 0) is 5.56 Å². The van der Waals surface area contributed by atoms with Gasteiger partial charge < -0.3 is 10.5 Å². The summed E-state index contributed by atoms with van der Waals surface area (Å²) < 4.78 is 5.52. The Kier molecular flexibility index (Phi) is 4.35. The van der Waals surface area contributed by atoms with E-state index in [0.717, 1.165) is 5.56 Å². The van der Waals surface area contributed by atoms with Crippen LogP contribution in [0.15, 0.2) is 47.8 Å². The van der Waals surface area contributed by atoms with Gasteiger partial charge in [0.1, 0.15) is 5.03 Å². The molecule has 5 heteroatoms. The van der Waals surface area contributed by atoms with Crippen molar-refractivity contribution in [1.29, 1.82) is 0 Å². The zero-order valence-electron chi connectivity index (χ0n) is 9.24. The Labute approximate surface area is 104 Å². The van der Waals surface area contributed by atoms with Crippen LogP contribution in [0.3, 0.4) is 0 Å². The van der Waals surface area contributed by atoms with E-state index < -0.39 is 0 Å². The largest absolute Gasteiger partial charge is 0.381 e. The quantitative estimate of drug-likeness (QED) is 0.499. The lowest BCUT2D eigenvalue weighted by atomic mass is 10.2. The minimum absolute atomic E-state index is 0.445. The number of hydrogen-bond acceptors (Lipinski definition) is 5. The highest BCUT2D eigenvalue weighted by Crippen LogP contribution is 2.19. The summed E-state index contributed by atoms with van der Waals surface area (Å²) in [6.45, 7) is 0.591. The monoisotopic (exact) mass is 247 g/mol. The molecular weight excluding hydrogens is 234 g/mol. The highest BCUT2D eigenvalue weighted by atomic mass is 32.2. The van der Waals surface area contributed by atoms with E-state index in [1.54, 1.807) is 12.4 Å². The Hall–Kier alpha value is -1.59. The van der Waals surface area contributed by atoms with Crippen LogP contribution >= 0.6 is 11.8 Å². The number of hydrogen-bond donors (Lipinski definition) is 1. The summed E-state index contributed by atoms with van der Waals surface area (Å²) in [7, 11) is 0. The molecule has 0 aliphatic rings. The van der Waals surface area contributed by atoms with Gasteiger partial charge in [0.2, 0.25) is 0 Å². The second kappa shape index (κ2) is 6.22. The van der Waals surface area contributed by atoms with Gasteiger partial charge in [-0.25, -0.2) is 9.97 Å². The standard InChI is InChI=1S/C12H13N3OS/c13-11-12(15-7-6-14-11)17-9-16-8-10-4-2-1-3-5-10/h1-7H,8-9H2,(H2,13,14). The number of nitrogens with zero attached hydrogens (tertiary/aromatic N) is 2. The van der Waals surface area contributed by atoms with Crippen molar-refractivity contribution in [2.24, 2.45) is 0 Å². The van der Waals surface area contributed by atoms with Gasteiger partial charge in [-0.3, -0.25) is 0 Å². The fourth-order valence-corrected chi connectivity index (χ4v) is 1.89. The lowest BCUT2D eigenvalue weighted by Gasteiger charge is -2.04. The molecule has 0 spiro atoms. The molecule has 4 nitrogen and oxygen atoms in total. The van der Waals surface area contributed by atoms with Crippen molar-refractivity contribution in [3.05, 3.63) is 48.3 Å². The molecule has 0 unspecified atom stereocenters. The molecule has 0 aliphatic heterocycles. The van der Waals surface area contributed by atoms with Crippen LogP contribution < -0.4 is 5.73 Å². The lowest BCUT2D eigenvalue weighted by molar-refractivity contribution is 0.169. The van der Waals surface area contributed by atoms with Gasteiger partial charge in [0.05, 0.1) is 12.5 Å². The summed E-state index contributed by atoms with van der Waals surface area (Å²) in [6.07, 6.45) is 3.19. The third-order valence-electron chi connectivity index (χ3n) is 2.08. The zero-order valence-corrected chi connectivity index (χ0v) is 10.1. The van der Waals surface area contributed by atoms with Crippen molar-refractivity contribution in [1.82, 2.24) is 9.97 Å². The molecule has 0 saturated heterocycles. The molecule has 0 fully saturated rings. The molecule has 0 bridgehead atoms. The average Bonchev–Trinajstić information content (AvgIpc) is 2.38. The van der Waals surface area contributed by atoms with Crippen LogP contribution in [0.2, 0.25) is 0 Å². The van der Waals surface area contributed by atoms with Gasteiger partial charge in [0.25, 0.3) is 0 Å². The van der Waals surface area contributed by atoms with Gasteiger partial charge in [0.15, 0.2) is 5.82 Å². The van der Waals surface area contributed by atoms with Crippen molar-refractivity contribution in [3.8, 4) is 0 Å². The van der Waals surface area contributed by atoms with Gasteiger partial charge in [-0.2, -0.15) is 0 Å². The van der Waals surface area contributed by atoms with Crippen LogP contribution in [-0.2, 0) is 11.3 Å². The van der Waals surface area contributed by atoms with Crippen LogP contribution in [0.1, 0.15) is 5.56 Å². The first kappa shape index (κ1) is 11.9. The molecule has 2 aromatic rings. The van der Waals surface area contributed by atoms with Gasteiger partial charge in [-0.15, -0.1) is 0 Å². The number of nitrogen functional groups attached to an aromatic ring is 1. The maximum atomic E-state index is 5.66.